The standard InChI is InChI=1S/C36H60N2O7S/c1-21(2)17-36(11,20-46(44,45)34(6,7)8)18-24(39)16-25(33(3,4)5)32(43)38-19-26-28(35(26,9)10)29(38)27(40)15-23(14-22-12-13-22)30(41)31(37)42/h21-23,25-26,28-29H,12-20H2,1-11H3,(H2,37,42)/t23?,25-,26?,28+,29-,36?/m1/s1. The van der Waals surface area contributed by atoms with E-state index in [1.807, 2.05) is 41.5 Å². The lowest BCUT2D eigenvalue weighted by atomic mass is 9.73. The van der Waals surface area contributed by atoms with Crippen molar-refractivity contribution in [1.82, 2.24) is 4.90 Å². The number of carbonyl (C=O) groups excluding carboxylic acids is 5. The second-order valence-electron chi connectivity index (χ2n) is 18.3. The molecule has 3 fully saturated rings. The molecule has 0 aromatic carbocycles. The van der Waals surface area contributed by atoms with Crippen molar-refractivity contribution >= 4 is 39.0 Å². The minimum Gasteiger partial charge on any atom is -0.363 e. The van der Waals surface area contributed by atoms with E-state index in [1.165, 1.54) is 0 Å². The van der Waals surface area contributed by atoms with E-state index in [0.717, 1.165) is 12.8 Å². The first-order valence-electron chi connectivity index (χ1n) is 17.1. The second-order valence-corrected chi connectivity index (χ2v) is 21.0. The number of piperidine rings is 1. The largest absolute Gasteiger partial charge is 0.363 e. The number of amides is 2. The number of Topliss-reactive ketones (excluding diaryl/α,β-unsaturated/α-hetero) is 3. The first kappa shape index (κ1) is 38.3. The van der Waals surface area contributed by atoms with Gasteiger partial charge in [-0.05, 0) is 73.5 Å². The van der Waals surface area contributed by atoms with E-state index in [0.29, 0.717) is 25.3 Å². The van der Waals surface area contributed by atoms with Gasteiger partial charge in [0.05, 0.1) is 16.5 Å². The molecule has 3 rings (SSSR count). The fourth-order valence-electron chi connectivity index (χ4n) is 8.07. The van der Waals surface area contributed by atoms with Crippen LogP contribution in [0.3, 0.4) is 0 Å². The van der Waals surface area contributed by atoms with Crippen LogP contribution in [0, 0.1) is 51.8 Å². The van der Waals surface area contributed by atoms with Crippen LogP contribution < -0.4 is 5.73 Å². The van der Waals surface area contributed by atoms with Gasteiger partial charge in [0.25, 0.3) is 5.91 Å². The predicted octanol–water partition coefficient (Wildman–Crippen LogP) is 5.18. The van der Waals surface area contributed by atoms with E-state index in [2.05, 4.69) is 13.8 Å². The third-order valence-corrected chi connectivity index (χ3v) is 13.9. The Morgan fingerprint density at radius 2 is 1.50 bits per heavy atom. The number of nitrogens with zero attached hydrogens (tertiary/aromatic N) is 1. The summed E-state index contributed by atoms with van der Waals surface area (Å²) in [5.41, 5.74) is 3.81. The first-order valence-corrected chi connectivity index (χ1v) is 18.8. The predicted molar refractivity (Wildman–Crippen MR) is 179 cm³/mol. The molecule has 2 saturated carbocycles. The van der Waals surface area contributed by atoms with Crippen molar-refractivity contribution in [1.29, 1.82) is 0 Å². The van der Waals surface area contributed by atoms with Crippen molar-refractivity contribution in [2.24, 2.45) is 57.5 Å². The zero-order valence-electron chi connectivity index (χ0n) is 30.2. The topological polar surface area (TPSA) is 149 Å². The Balaban J connectivity index is 1.86. The van der Waals surface area contributed by atoms with Gasteiger partial charge in [0, 0.05) is 37.6 Å². The summed E-state index contributed by atoms with van der Waals surface area (Å²) >= 11 is 0. The van der Waals surface area contributed by atoms with Crippen molar-refractivity contribution in [3.63, 3.8) is 0 Å². The quantitative estimate of drug-likeness (QED) is 0.224. The zero-order valence-corrected chi connectivity index (χ0v) is 31.0. The van der Waals surface area contributed by atoms with Gasteiger partial charge in [-0.15, -0.1) is 0 Å². The highest BCUT2D eigenvalue weighted by molar-refractivity contribution is 7.92. The summed E-state index contributed by atoms with van der Waals surface area (Å²) in [5.74, 6) is -3.45. The summed E-state index contributed by atoms with van der Waals surface area (Å²) in [6.07, 6.45) is 2.79. The number of ketones is 3. The molecule has 0 spiro atoms. The van der Waals surface area contributed by atoms with E-state index in [9.17, 15) is 32.4 Å². The third kappa shape index (κ3) is 8.67. The van der Waals surface area contributed by atoms with Crippen LogP contribution >= 0.6 is 0 Å². The number of sulfone groups is 1. The maximum Gasteiger partial charge on any atom is 0.285 e. The molecule has 0 bridgehead atoms. The van der Waals surface area contributed by atoms with Crippen LogP contribution in [-0.4, -0.2) is 65.6 Å². The van der Waals surface area contributed by atoms with Crippen molar-refractivity contribution in [2.45, 2.75) is 132 Å². The summed E-state index contributed by atoms with van der Waals surface area (Å²) in [7, 11) is -3.51. The highest BCUT2D eigenvalue weighted by Gasteiger charge is 2.69. The molecule has 3 unspecified atom stereocenters. The van der Waals surface area contributed by atoms with E-state index in [-0.39, 0.29) is 65.7 Å². The normalized spacial score (nSPS) is 25.4. The maximum absolute atomic E-state index is 14.4. The molecule has 1 aliphatic heterocycles. The Morgan fingerprint density at radius 1 is 0.935 bits per heavy atom. The molecule has 1 saturated heterocycles. The van der Waals surface area contributed by atoms with Crippen LogP contribution in [0.1, 0.15) is 121 Å². The Morgan fingerprint density at radius 3 is 1.96 bits per heavy atom. The van der Waals surface area contributed by atoms with Crippen LogP contribution in [0.4, 0.5) is 0 Å². The Kier molecular flexibility index (Phi) is 10.9. The van der Waals surface area contributed by atoms with E-state index in [4.69, 9.17) is 5.73 Å². The average Bonchev–Trinajstić information content (AvgIpc) is 3.70. The van der Waals surface area contributed by atoms with Gasteiger partial charge in [0.2, 0.25) is 11.7 Å². The van der Waals surface area contributed by atoms with Gasteiger partial charge in [-0.1, -0.05) is 68.2 Å². The Labute approximate surface area is 277 Å². The number of carbonyl (C=O) groups is 5. The fraction of sp³-hybridized carbons (Fsp3) is 0.861. The molecule has 2 N–H and O–H groups in total. The summed E-state index contributed by atoms with van der Waals surface area (Å²) in [6, 6.07) is -0.724. The maximum atomic E-state index is 14.4. The van der Waals surface area contributed by atoms with Crippen LogP contribution in [0.5, 0.6) is 0 Å². The molecule has 10 heteroatoms. The lowest BCUT2D eigenvalue weighted by Gasteiger charge is -2.38. The summed E-state index contributed by atoms with van der Waals surface area (Å²) in [6.45, 7) is 21.2. The molecular formula is C36H60N2O7S. The molecule has 1 heterocycles. The molecule has 6 atom stereocenters. The van der Waals surface area contributed by atoms with E-state index in [1.54, 1.807) is 25.7 Å². The average molecular weight is 665 g/mol. The van der Waals surface area contributed by atoms with Crippen molar-refractivity contribution in [2.75, 3.05) is 12.3 Å². The zero-order chi connectivity index (χ0) is 35.4. The number of fused-ring (bicyclic) bond motifs is 1. The smallest absolute Gasteiger partial charge is 0.285 e. The lowest BCUT2D eigenvalue weighted by molar-refractivity contribution is -0.148. The molecule has 0 aromatic heterocycles. The lowest BCUT2D eigenvalue weighted by Crippen LogP contribution is -2.51. The number of rotatable bonds is 16. The summed E-state index contributed by atoms with van der Waals surface area (Å²) in [5, 5.41) is 0. The van der Waals surface area contributed by atoms with E-state index < -0.39 is 55.0 Å². The summed E-state index contributed by atoms with van der Waals surface area (Å²) in [4.78, 5) is 68.4. The SMILES string of the molecule is CC(C)CC(C)(CC(=O)C[C@H](C(=O)N1CC2[C@@H]([C@H]1C(=O)CC(CC1CC1)C(=O)C(N)=O)C2(C)C)C(C)(C)C)CS(=O)(=O)C(C)(C)C. The van der Waals surface area contributed by atoms with Gasteiger partial charge in [0.1, 0.15) is 5.78 Å². The van der Waals surface area contributed by atoms with Gasteiger partial charge in [-0.25, -0.2) is 8.42 Å². The number of hydrogen-bond acceptors (Lipinski definition) is 7. The molecule has 46 heavy (non-hydrogen) atoms. The van der Waals surface area contributed by atoms with Crippen LogP contribution in [0.25, 0.3) is 0 Å². The Hall–Kier alpha value is -2.10. The molecule has 262 valence electrons. The number of nitrogens with two attached hydrogens (primary N) is 1. The molecule has 2 amide bonds. The van der Waals surface area contributed by atoms with Crippen LogP contribution in [0.2, 0.25) is 0 Å². The molecule has 9 nitrogen and oxygen atoms in total. The third-order valence-electron chi connectivity index (χ3n) is 11.0. The van der Waals surface area contributed by atoms with Gasteiger partial charge < -0.3 is 10.6 Å². The molecule has 0 radical (unpaired) electrons. The number of hydrogen-bond donors (Lipinski definition) is 1. The van der Waals surface area contributed by atoms with Crippen molar-refractivity contribution in [3.8, 4) is 0 Å². The fourth-order valence-corrected chi connectivity index (χ4v) is 9.64. The van der Waals surface area contributed by atoms with E-state index >= 15 is 0 Å². The second kappa shape index (κ2) is 13.1. The minimum absolute atomic E-state index is 0.0407. The monoisotopic (exact) mass is 664 g/mol. The molecule has 2 aliphatic carbocycles. The highest BCUT2D eigenvalue weighted by Crippen LogP contribution is 2.65. The van der Waals surface area contributed by atoms with Gasteiger partial charge in [0.15, 0.2) is 15.6 Å². The minimum atomic E-state index is -3.51. The summed E-state index contributed by atoms with van der Waals surface area (Å²) < 4.78 is 25.5. The number of likely N-dealkylation sites (tertiary alicyclic amines) is 1. The van der Waals surface area contributed by atoms with Crippen molar-refractivity contribution < 1.29 is 32.4 Å². The van der Waals surface area contributed by atoms with Crippen LogP contribution in [0.15, 0.2) is 0 Å². The molecule has 0 aromatic rings. The van der Waals surface area contributed by atoms with Gasteiger partial charge in [-0.2, -0.15) is 0 Å². The van der Waals surface area contributed by atoms with Gasteiger partial charge in [-0.3, -0.25) is 24.0 Å². The first-order chi connectivity index (χ1) is 20.7. The molecular weight excluding hydrogens is 604 g/mol. The van der Waals surface area contributed by atoms with Crippen molar-refractivity contribution in [3.05, 3.63) is 0 Å². The number of primary amides is 1. The highest BCUT2D eigenvalue weighted by atomic mass is 32.2. The van der Waals surface area contributed by atoms with Gasteiger partial charge >= 0.3 is 0 Å². The molecule has 3 aliphatic rings. The van der Waals surface area contributed by atoms with Crippen LogP contribution in [-0.2, 0) is 33.8 Å². The Bertz CT molecular complexity index is 1330.